The zero-order valence-electron chi connectivity index (χ0n) is 8.86. The van der Waals surface area contributed by atoms with Gasteiger partial charge in [-0.3, -0.25) is 4.90 Å². The first-order valence-corrected chi connectivity index (χ1v) is 4.80. The molecule has 0 amide bonds. The van der Waals surface area contributed by atoms with Crippen molar-refractivity contribution in [1.29, 1.82) is 0 Å². The molecule has 1 fully saturated rings. The van der Waals surface area contributed by atoms with Gasteiger partial charge in [-0.15, -0.1) is 0 Å². The van der Waals surface area contributed by atoms with Gasteiger partial charge in [-0.1, -0.05) is 0 Å². The van der Waals surface area contributed by atoms with E-state index in [1.807, 2.05) is 0 Å². The predicted molar refractivity (Wildman–Crippen MR) is 53.5 cm³/mol. The fraction of sp³-hybridized carbons (Fsp3) is 1.00. The molecule has 2 atom stereocenters. The van der Waals surface area contributed by atoms with Crippen LogP contribution in [0.3, 0.4) is 0 Å². The molecular weight excluding hydrogens is 166 g/mol. The van der Waals surface area contributed by atoms with Crippen LogP contribution >= 0.6 is 0 Å². The molecule has 4 nitrogen and oxygen atoms in total. The molecule has 78 valence electrons. The van der Waals surface area contributed by atoms with Gasteiger partial charge in [-0.2, -0.15) is 0 Å². The van der Waals surface area contributed by atoms with E-state index in [-0.39, 0.29) is 6.17 Å². The van der Waals surface area contributed by atoms with E-state index in [2.05, 4.69) is 23.9 Å². The average molecular weight is 187 g/mol. The van der Waals surface area contributed by atoms with Gasteiger partial charge in [0.1, 0.15) is 0 Å². The molecule has 1 saturated heterocycles. The molecule has 2 unspecified atom stereocenters. The highest BCUT2D eigenvalue weighted by atomic mass is 16.5. The SMILES string of the molecule is COCC(N)N1CCC(N(C)C)C1. The summed E-state index contributed by atoms with van der Waals surface area (Å²) in [4.78, 5) is 4.55. The number of hydrogen-bond acceptors (Lipinski definition) is 4. The van der Waals surface area contributed by atoms with E-state index >= 15 is 0 Å². The lowest BCUT2D eigenvalue weighted by Crippen LogP contribution is -2.45. The van der Waals surface area contributed by atoms with Crippen molar-refractivity contribution in [1.82, 2.24) is 9.80 Å². The lowest BCUT2D eigenvalue weighted by molar-refractivity contribution is 0.104. The molecule has 0 aromatic carbocycles. The van der Waals surface area contributed by atoms with Crippen LogP contribution in [-0.2, 0) is 4.74 Å². The Labute approximate surface area is 80.6 Å². The highest BCUT2D eigenvalue weighted by molar-refractivity contribution is 4.83. The summed E-state index contributed by atoms with van der Waals surface area (Å²) in [6.07, 6.45) is 1.28. The second kappa shape index (κ2) is 4.91. The highest BCUT2D eigenvalue weighted by Crippen LogP contribution is 2.14. The second-order valence-electron chi connectivity index (χ2n) is 3.92. The van der Waals surface area contributed by atoms with Gasteiger partial charge in [0.25, 0.3) is 0 Å². The van der Waals surface area contributed by atoms with Crippen molar-refractivity contribution < 1.29 is 4.74 Å². The van der Waals surface area contributed by atoms with Gasteiger partial charge < -0.3 is 15.4 Å². The zero-order valence-corrected chi connectivity index (χ0v) is 8.86. The van der Waals surface area contributed by atoms with Gasteiger partial charge in [-0.05, 0) is 20.5 Å². The lowest BCUT2D eigenvalue weighted by atomic mass is 10.2. The van der Waals surface area contributed by atoms with Crippen molar-refractivity contribution in [2.45, 2.75) is 18.6 Å². The fourth-order valence-corrected chi connectivity index (χ4v) is 1.77. The van der Waals surface area contributed by atoms with Crippen LogP contribution in [0.25, 0.3) is 0 Å². The molecule has 0 radical (unpaired) electrons. The largest absolute Gasteiger partial charge is 0.382 e. The van der Waals surface area contributed by atoms with E-state index in [0.717, 1.165) is 13.1 Å². The maximum atomic E-state index is 5.93. The Morgan fingerprint density at radius 1 is 1.62 bits per heavy atom. The first kappa shape index (κ1) is 10.9. The quantitative estimate of drug-likeness (QED) is 0.647. The van der Waals surface area contributed by atoms with Crippen LogP contribution in [0.15, 0.2) is 0 Å². The number of nitrogens with zero attached hydrogens (tertiary/aromatic N) is 2. The first-order valence-electron chi connectivity index (χ1n) is 4.80. The van der Waals surface area contributed by atoms with Crippen molar-refractivity contribution in [3.05, 3.63) is 0 Å². The molecule has 1 aliphatic heterocycles. The van der Waals surface area contributed by atoms with Gasteiger partial charge in [0, 0.05) is 26.2 Å². The molecule has 0 aliphatic carbocycles. The van der Waals surface area contributed by atoms with Gasteiger partial charge >= 0.3 is 0 Å². The van der Waals surface area contributed by atoms with Crippen LogP contribution in [0.2, 0.25) is 0 Å². The summed E-state index contributed by atoms with van der Waals surface area (Å²) in [7, 11) is 5.94. The summed E-state index contributed by atoms with van der Waals surface area (Å²) in [6.45, 7) is 2.78. The smallest absolute Gasteiger partial charge is 0.0813 e. The van der Waals surface area contributed by atoms with E-state index in [1.54, 1.807) is 7.11 Å². The monoisotopic (exact) mass is 187 g/mol. The van der Waals surface area contributed by atoms with Crippen molar-refractivity contribution in [3.8, 4) is 0 Å². The van der Waals surface area contributed by atoms with Crippen molar-refractivity contribution >= 4 is 0 Å². The molecule has 2 N–H and O–H groups in total. The van der Waals surface area contributed by atoms with E-state index < -0.39 is 0 Å². The molecule has 13 heavy (non-hydrogen) atoms. The molecule has 4 heteroatoms. The molecule has 0 bridgehead atoms. The molecule has 0 aromatic rings. The summed E-state index contributed by atoms with van der Waals surface area (Å²) < 4.78 is 5.03. The Morgan fingerprint density at radius 3 is 2.77 bits per heavy atom. The summed E-state index contributed by atoms with van der Waals surface area (Å²) in [5, 5.41) is 0. The second-order valence-corrected chi connectivity index (χ2v) is 3.92. The number of nitrogens with two attached hydrogens (primary N) is 1. The van der Waals surface area contributed by atoms with Crippen LogP contribution in [0.1, 0.15) is 6.42 Å². The number of ether oxygens (including phenoxy) is 1. The molecule has 1 heterocycles. The highest BCUT2D eigenvalue weighted by Gasteiger charge is 2.27. The fourth-order valence-electron chi connectivity index (χ4n) is 1.77. The Kier molecular flexibility index (Phi) is 4.12. The molecule has 1 aliphatic rings. The minimum absolute atomic E-state index is 0.0648. The Morgan fingerprint density at radius 2 is 2.31 bits per heavy atom. The topological polar surface area (TPSA) is 41.7 Å². The number of likely N-dealkylation sites (tertiary alicyclic amines) is 1. The first-order chi connectivity index (χ1) is 6.15. The minimum Gasteiger partial charge on any atom is -0.382 e. The number of hydrogen-bond donors (Lipinski definition) is 1. The van der Waals surface area contributed by atoms with Gasteiger partial charge in [-0.25, -0.2) is 0 Å². The Hall–Kier alpha value is -0.160. The van der Waals surface area contributed by atoms with Crippen LogP contribution < -0.4 is 5.73 Å². The minimum atomic E-state index is 0.0648. The summed E-state index contributed by atoms with van der Waals surface area (Å²) >= 11 is 0. The maximum absolute atomic E-state index is 5.93. The normalized spacial score (nSPS) is 27.0. The van der Waals surface area contributed by atoms with Crippen LogP contribution in [0.4, 0.5) is 0 Å². The van der Waals surface area contributed by atoms with Crippen LogP contribution in [-0.4, -0.2) is 62.9 Å². The van der Waals surface area contributed by atoms with Crippen molar-refractivity contribution in [2.75, 3.05) is 40.9 Å². The van der Waals surface area contributed by atoms with E-state index in [4.69, 9.17) is 10.5 Å². The third-order valence-corrected chi connectivity index (χ3v) is 2.73. The van der Waals surface area contributed by atoms with E-state index in [9.17, 15) is 0 Å². The Bertz CT molecular complexity index is 152. The molecule has 0 saturated carbocycles. The zero-order chi connectivity index (χ0) is 9.84. The standard InChI is InChI=1S/C9H21N3O/c1-11(2)8-4-5-12(6-8)9(10)7-13-3/h8-9H,4-7,10H2,1-3H3. The molecule has 0 spiro atoms. The molecule has 1 rings (SSSR count). The van der Waals surface area contributed by atoms with Crippen molar-refractivity contribution in [3.63, 3.8) is 0 Å². The number of rotatable bonds is 4. The van der Waals surface area contributed by atoms with Crippen LogP contribution in [0, 0.1) is 0 Å². The maximum Gasteiger partial charge on any atom is 0.0813 e. The third-order valence-electron chi connectivity index (χ3n) is 2.73. The average Bonchev–Trinajstić information content (AvgIpc) is 2.52. The summed E-state index contributed by atoms with van der Waals surface area (Å²) in [5.74, 6) is 0. The molecule has 0 aromatic heterocycles. The van der Waals surface area contributed by atoms with Gasteiger partial charge in [0.15, 0.2) is 0 Å². The van der Waals surface area contributed by atoms with Gasteiger partial charge in [0.2, 0.25) is 0 Å². The number of methoxy groups -OCH3 is 1. The summed E-state index contributed by atoms with van der Waals surface area (Å²) in [5.41, 5.74) is 5.93. The summed E-state index contributed by atoms with van der Waals surface area (Å²) in [6, 6.07) is 0.655. The Balaban J connectivity index is 2.31. The lowest BCUT2D eigenvalue weighted by Gasteiger charge is -2.24. The molecular formula is C9H21N3O. The van der Waals surface area contributed by atoms with Gasteiger partial charge in [0.05, 0.1) is 12.8 Å². The van der Waals surface area contributed by atoms with E-state index in [0.29, 0.717) is 12.6 Å². The number of likely N-dealkylation sites (N-methyl/N-ethyl adjacent to an activating group) is 1. The predicted octanol–water partition coefficient (Wildman–Crippen LogP) is -0.446. The third kappa shape index (κ3) is 2.91. The van der Waals surface area contributed by atoms with Crippen LogP contribution in [0.5, 0.6) is 0 Å². The van der Waals surface area contributed by atoms with E-state index in [1.165, 1.54) is 6.42 Å². The van der Waals surface area contributed by atoms with Crippen molar-refractivity contribution in [2.24, 2.45) is 5.73 Å².